The fourth-order valence-electron chi connectivity index (χ4n) is 3.01. The van der Waals surface area contributed by atoms with Gasteiger partial charge in [0.25, 0.3) is 0 Å². The molecule has 0 bridgehead atoms. The van der Waals surface area contributed by atoms with Crippen molar-refractivity contribution in [3.63, 3.8) is 0 Å². The highest BCUT2D eigenvalue weighted by Gasteiger charge is 2.15. The first-order chi connectivity index (χ1) is 10.3. The van der Waals surface area contributed by atoms with Crippen molar-refractivity contribution in [2.75, 3.05) is 26.2 Å². The van der Waals surface area contributed by atoms with Crippen molar-refractivity contribution in [1.82, 2.24) is 19.8 Å². The van der Waals surface area contributed by atoms with Gasteiger partial charge < -0.3 is 9.88 Å². The van der Waals surface area contributed by atoms with Gasteiger partial charge in [0.05, 0.1) is 17.6 Å². The van der Waals surface area contributed by atoms with Crippen molar-refractivity contribution >= 4 is 27.0 Å². The largest absolute Gasteiger partial charge is 0.327 e. The Morgan fingerprint density at radius 2 is 2.19 bits per heavy atom. The van der Waals surface area contributed by atoms with Crippen molar-refractivity contribution in [3.8, 4) is 0 Å². The maximum absolute atomic E-state index is 4.89. The lowest BCUT2D eigenvalue weighted by atomic mass is 10.3. The number of rotatable bonds is 4. The molecule has 0 spiro atoms. The molecule has 0 unspecified atom stereocenters. The van der Waals surface area contributed by atoms with Crippen molar-refractivity contribution in [1.29, 1.82) is 0 Å². The normalized spacial score (nSPS) is 17.2. The maximum atomic E-state index is 4.89. The summed E-state index contributed by atoms with van der Waals surface area (Å²) in [5.41, 5.74) is 2.35. The summed E-state index contributed by atoms with van der Waals surface area (Å²) < 4.78 is 3.49. The van der Waals surface area contributed by atoms with Gasteiger partial charge in [-0.2, -0.15) is 0 Å². The fraction of sp³-hybridized carbons (Fsp3) is 0.562. The number of aryl methyl sites for hydroxylation is 1. The zero-order valence-corrected chi connectivity index (χ0v) is 14.2. The van der Waals surface area contributed by atoms with Crippen LogP contribution in [0, 0.1) is 0 Å². The molecule has 1 aromatic heterocycles. The molecule has 0 aliphatic carbocycles. The van der Waals surface area contributed by atoms with E-state index in [0.29, 0.717) is 0 Å². The van der Waals surface area contributed by atoms with Crippen molar-refractivity contribution in [2.45, 2.75) is 32.9 Å². The van der Waals surface area contributed by atoms with E-state index in [0.717, 1.165) is 55.7 Å². The molecule has 0 atom stereocenters. The lowest BCUT2D eigenvalue weighted by Gasteiger charge is -2.19. The number of imidazole rings is 1. The molecule has 1 saturated heterocycles. The molecule has 0 amide bonds. The van der Waals surface area contributed by atoms with Gasteiger partial charge in [0.1, 0.15) is 5.82 Å². The Kier molecular flexibility index (Phi) is 4.93. The van der Waals surface area contributed by atoms with E-state index in [4.69, 9.17) is 4.98 Å². The van der Waals surface area contributed by atoms with Crippen LogP contribution in [-0.2, 0) is 13.1 Å². The third kappa shape index (κ3) is 3.47. The minimum atomic E-state index is 0.952. The molecule has 1 fully saturated rings. The minimum Gasteiger partial charge on any atom is -0.327 e. The summed E-state index contributed by atoms with van der Waals surface area (Å²) in [6, 6.07) is 6.40. The number of hydrogen-bond acceptors (Lipinski definition) is 3. The van der Waals surface area contributed by atoms with Gasteiger partial charge in [0.15, 0.2) is 0 Å². The Hall–Kier alpha value is -0.910. The number of benzene rings is 1. The van der Waals surface area contributed by atoms with E-state index < -0.39 is 0 Å². The van der Waals surface area contributed by atoms with Crippen LogP contribution in [0.4, 0.5) is 0 Å². The molecule has 3 rings (SSSR count). The van der Waals surface area contributed by atoms with Crippen LogP contribution >= 0.6 is 15.9 Å². The smallest absolute Gasteiger partial charge is 0.124 e. The van der Waals surface area contributed by atoms with E-state index >= 15 is 0 Å². The van der Waals surface area contributed by atoms with E-state index in [1.165, 1.54) is 17.8 Å². The van der Waals surface area contributed by atoms with Crippen molar-refractivity contribution in [2.24, 2.45) is 0 Å². The number of halogens is 1. The number of hydrogen-bond donors (Lipinski definition) is 1. The van der Waals surface area contributed by atoms with Crippen LogP contribution in [0.25, 0.3) is 11.0 Å². The maximum Gasteiger partial charge on any atom is 0.124 e. The molecule has 5 heteroatoms. The molecular formula is C16H23BrN4. The van der Waals surface area contributed by atoms with E-state index in [9.17, 15) is 0 Å². The van der Waals surface area contributed by atoms with Gasteiger partial charge >= 0.3 is 0 Å². The second-order valence-electron chi connectivity index (χ2n) is 5.69. The van der Waals surface area contributed by atoms with E-state index in [-0.39, 0.29) is 0 Å². The Balaban J connectivity index is 1.90. The molecule has 2 heterocycles. The number of nitrogens with zero attached hydrogens (tertiary/aromatic N) is 3. The SMILES string of the molecule is CCCn1c(CN2CCCNCC2)nc2cc(Br)ccc21. The van der Waals surface area contributed by atoms with Crippen LogP contribution in [0.1, 0.15) is 25.6 Å². The first-order valence-corrected chi connectivity index (χ1v) is 8.65. The van der Waals surface area contributed by atoms with Gasteiger partial charge in [-0.1, -0.05) is 22.9 Å². The fourth-order valence-corrected chi connectivity index (χ4v) is 3.36. The molecule has 1 aliphatic rings. The zero-order valence-electron chi connectivity index (χ0n) is 12.6. The molecule has 21 heavy (non-hydrogen) atoms. The highest BCUT2D eigenvalue weighted by Crippen LogP contribution is 2.22. The van der Waals surface area contributed by atoms with Gasteiger partial charge in [-0.05, 0) is 44.1 Å². The summed E-state index contributed by atoms with van der Waals surface area (Å²) >= 11 is 3.55. The van der Waals surface area contributed by atoms with E-state index in [1.807, 2.05) is 0 Å². The molecule has 114 valence electrons. The molecule has 0 saturated carbocycles. The molecule has 0 radical (unpaired) electrons. The molecule has 1 aliphatic heterocycles. The topological polar surface area (TPSA) is 33.1 Å². The van der Waals surface area contributed by atoms with E-state index in [1.54, 1.807) is 0 Å². The van der Waals surface area contributed by atoms with Gasteiger partial charge in [0, 0.05) is 24.1 Å². The minimum absolute atomic E-state index is 0.952. The molecule has 4 nitrogen and oxygen atoms in total. The first kappa shape index (κ1) is 15.0. The third-order valence-electron chi connectivity index (χ3n) is 4.03. The van der Waals surface area contributed by atoms with Crippen molar-refractivity contribution < 1.29 is 0 Å². The Morgan fingerprint density at radius 3 is 3.05 bits per heavy atom. The van der Waals surface area contributed by atoms with Gasteiger partial charge in [-0.15, -0.1) is 0 Å². The number of nitrogens with one attached hydrogen (secondary N) is 1. The van der Waals surface area contributed by atoms with Crippen LogP contribution in [0.15, 0.2) is 22.7 Å². The van der Waals surface area contributed by atoms with Gasteiger partial charge in [-0.3, -0.25) is 4.90 Å². The monoisotopic (exact) mass is 350 g/mol. The predicted octanol–water partition coefficient (Wildman–Crippen LogP) is 3.00. The van der Waals surface area contributed by atoms with Crippen LogP contribution < -0.4 is 5.32 Å². The second kappa shape index (κ2) is 6.90. The lowest BCUT2D eigenvalue weighted by Crippen LogP contribution is -2.29. The third-order valence-corrected chi connectivity index (χ3v) is 4.53. The quantitative estimate of drug-likeness (QED) is 0.919. The molecule has 1 aromatic carbocycles. The molecule has 2 aromatic rings. The summed E-state index contributed by atoms with van der Waals surface area (Å²) in [4.78, 5) is 7.40. The van der Waals surface area contributed by atoms with Crippen LogP contribution in [-0.4, -0.2) is 40.6 Å². The Bertz CT molecular complexity index is 600. The van der Waals surface area contributed by atoms with E-state index in [2.05, 4.69) is 55.8 Å². The summed E-state index contributed by atoms with van der Waals surface area (Å²) in [5, 5.41) is 3.46. The number of aromatic nitrogens is 2. The average Bonchev–Trinajstić information content (AvgIpc) is 2.65. The number of fused-ring (bicyclic) bond motifs is 1. The molecule has 1 N–H and O–H groups in total. The first-order valence-electron chi connectivity index (χ1n) is 7.85. The van der Waals surface area contributed by atoms with Crippen LogP contribution in [0.2, 0.25) is 0 Å². The Morgan fingerprint density at radius 1 is 1.29 bits per heavy atom. The summed E-state index contributed by atoms with van der Waals surface area (Å²) in [7, 11) is 0. The van der Waals surface area contributed by atoms with Gasteiger partial charge in [-0.25, -0.2) is 4.98 Å². The lowest BCUT2D eigenvalue weighted by molar-refractivity contribution is 0.273. The average molecular weight is 351 g/mol. The molecular weight excluding hydrogens is 328 g/mol. The van der Waals surface area contributed by atoms with Crippen molar-refractivity contribution in [3.05, 3.63) is 28.5 Å². The highest BCUT2D eigenvalue weighted by molar-refractivity contribution is 9.10. The predicted molar refractivity (Wildman–Crippen MR) is 90.5 cm³/mol. The zero-order chi connectivity index (χ0) is 14.7. The Labute approximate surface area is 134 Å². The standard InChI is InChI=1S/C16H23BrN4/c1-2-8-21-15-5-4-13(17)11-14(15)19-16(21)12-20-9-3-6-18-7-10-20/h4-5,11,18H,2-3,6-10,12H2,1H3. The summed E-state index contributed by atoms with van der Waals surface area (Å²) in [5.74, 6) is 1.20. The second-order valence-corrected chi connectivity index (χ2v) is 6.61. The van der Waals surface area contributed by atoms with Crippen LogP contribution in [0.3, 0.4) is 0 Å². The van der Waals surface area contributed by atoms with Gasteiger partial charge in [0.2, 0.25) is 0 Å². The highest BCUT2D eigenvalue weighted by atomic mass is 79.9. The summed E-state index contributed by atoms with van der Waals surface area (Å²) in [6.45, 7) is 8.71. The summed E-state index contributed by atoms with van der Waals surface area (Å²) in [6.07, 6.45) is 2.36. The van der Waals surface area contributed by atoms with Crippen LogP contribution in [0.5, 0.6) is 0 Å².